The fraction of sp³-hybridized carbons (Fsp3) is 0.769. The molecular formula is C13H21N3O2S. The number of hydrogen-bond acceptors (Lipinski definition) is 5. The smallest absolute Gasteiger partial charge is 0.329 e. The highest BCUT2D eigenvalue weighted by molar-refractivity contribution is 7.09. The summed E-state index contributed by atoms with van der Waals surface area (Å²) in [5.74, 6) is 0.277. The molecular weight excluding hydrogens is 262 g/mol. The summed E-state index contributed by atoms with van der Waals surface area (Å²) in [5.41, 5.74) is -0.857. The van der Waals surface area contributed by atoms with Crippen molar-refractivity contribution in [3.8, 4) is 0 Å². The van der Waals surface area contributed by atoms with Crippen LogP contribution in [0.15, 0.2) is 0 Å². The second kappa shape index (κ2) is 5.86. The maximum atomic E-state index is 11.7. The van der Waals surface area contributed by atoms with Crippen molar-refractivity contribution in [2.45, 2.75) is 63.8 Å². The molecule has 1 aromatic rings. The summed E-state index contributed by atoms with van der Waals surface area (Å²) in [4.78, 5) is 16.1. The lowest BCUT2D eigenvalue weighted by Gasteiger charge is -2.28. The third-order valence-corrected chi connectivity index (χ3v) is 4.32. The van der Waals surface area contributed by atoms with Crippen LogP contribution in [0.25, 0.3) is 0 Å². The van der Waals surface area contributed by atoms with Gasteiger partial charge in [-0.25, -0.2) is 9.78 Å². The van der Waals surface area contributed by atoms with Crippen molar-refractivity contribution in [1.82, 2.24) is 9.36 Å². The van der Waals surface area contributed by atoms with Crippen molar-refractivity contribution in [1.29, 1.82) is 0 Å². The van der Waals surface area contributed by atoms with E-state index in [9.17, 15) is 9.90 Å². The highest BCUT2D eigenvalue weighted by Crippen LogP contribution is 2.32. The molecule has 19 heavy (non-hydrogen) atoms. The highest BCUT2D eigenvalue weighted by atomic mass is 32.1. The molecule has 0 bridgehead atoms. The molecule has 0 aromatic carbocycles. The summed E-state index contributed by atoms with van der Waals surface area (Å²) in [5, 5.41) is 13.4. The van der Waals surface area contributed by atoms with Crippen LogP contribution in [-0.2, 0) is 4.79 Å². The topological polar surface area (TPSA) is 75.1 Å². The van der Waals surface area contributed by atoms with E-state index in [1.54, 1.807) is 0 Å². The molecule has 6 heteroatoms. The number of carboxylic acid groups (broad SMARTS) is 1. The molecule has 0 atom stereocenters. The maximum Gasteiger partial charge on any atom is 0.329 e. The quantitative estimate of drug-likeness (QED) is 0.830. The number of nitrogens with one attached hydrogen (secondary N) is 1. The van der Waals surface area contributed by atoms with Crippen molar-refractivity contribution < 1.29 is 9.90 Å². The number of carbonyl (C=O) groups is 1. The van der Waals surface area contributed by atoms with E-state index in [2.05, 4.69) is 14.7 Å². The van der Waals surface area contributed by atoms with Gasteiger partial charge in [0.1, 0.15) is 11.4 Å². The van der Waals surface area contributed by atoms with E-state index in [-0.39, 0.29) is 5.92 Å². The van der Waals surface area contributed by atoms with Crippen LogP contribution in [0, 0.1) is 0 Å². The second-order valence-corrected chi connectivity index (χ2v) is 6.29. The fourth-order valence-electron chi connectivity index (χ4n) is 2.45. The summed E-state index contributed by atoms with van der Waals surface area (Å²) >= 11 is 1.26. The lowest BCUT2D eigenvalue weighted by atomic mass is 9.90. The largest absolute Gasteiger partial charge is 0.480 e. The van der Waals surface area contributed by atoms with Gasteiger partial charge in [0, 0.05) is 17.5 Å². The van der Waals surface area contributed by atoms with Crippen molar-refractivity contribution in [2.75, 3.05) is 5.32 Å². The van der Waals surface area contributed by atoms with Crippen molar-refractivity contribution >= 4 is 22.6 Å². The molecule has 0 radical (unpaired) electrons. The molecule has 0 unspecified atom stereocenters. The van der Waals surface area contributed by atoms with Crippen LogP contribution < -0.4 is 5.32 Å². The fourth-order valence-corrected chi connectivity index (χ4v) is 3.26. The van der Waals surface area contributed by atoms with E-state index in [4.69, 9.17) is 0 Å². The van der Waals surface area contributed by atoms with Gasteiger partial charge in [0.05, 0.1) is 0 Å². The van der Waals surface area contributed by atoms with Gasteiger partial charge in [-0.15, -0.1) is 0 Å². The Morgan fingerprint density at radius 2 is 1.95 bits per heavy atom. The molecule has 0 saturated heterocycles. The molecule has 1 heterocycles. The Kier molecular flexibility index (Phi) is 4.39. The van der Waals surface area contributed by atoms with Crippen LogP contribution >= 0.6 is 11.5 Å². The van der Waals surface area contributed by atoms with Gasteiger partial charge in [0.25, 0.3) is 0 Å². The van der Waals surface area contributed by atoms with Crippen LogP contribution in [0.1, 0.15) is 64.1 Å². The van der Waals surface area contributed by atoms with Gasteiger partial charge in [-0.2, -0.15) is 4.37 Å². The average Bonchev–Trinajstić information content (AvgIpc) is 2.68. The number of anilines is 1. The normalized spacial score (nSPS) is 19.1. The summed E-state index contributed by atoms with van der Waals surface area (Å²) in [6.07, 6.45) is 5.47. The maximum absolute atomic E-state index is 11.7. The first-order valence-electron chi connectivity index (χ1n) is 6.89. The number of aromatic nitrogens is 2. The van der Waals surface area contributed by atoms with Crippen molar-refractivity contribution in [3.63, 3.8) is 0 Å². The Hall–Kier alpha value is -1.17. The van der Waals surface area contributed by atoms with Gasteiger partial charge in [-0.3, -0.25) is 0 Å². The minimum absolute atomic E-state index is 0.265. The van der Waals surface area contributed by atoms with Gasteiger partial charge >= 0.3 is 5.97 Å². The second-order valence-electron chi connectivity index (χ2n) is 5.54. The van der Waals surface area contributed by atoms with Gasteiger partial charge in [0.2, 0.25) is 5.13 Å². The molecule has 1 aromatic heterocycles. The average molecular weight is 283 g/mol. The first-order valence-corrected chi connectivity index (χ1v) is 7.66. The zero-order valence-electron chi connectivity index (χ0n) is 11.5. The molecule has 1 fully saturated rings. The monoisotopic (exact) mass is 283 g/mol. The zero-order valence-corrected chi connectivity index (χ0v) is 12.3. The Labute approximate surface area is 117 Å². The summed E-state index contributed by atoms with van der Waals surface area (Å²) in [6.45, 7) is 4.06. The third-order valence-electron chi connectivity index (χ3n) is 3.67. The molecule has 1 aliphatic carbocycles. The molecule has 5 nitrogen and oxygen atoms in total. The molecule has 1 saturated carbocycles. The Morgan fingerprint density at radius 3 is 2.42 bits per heavy atom. The van der Waals surface area contributed by atoms with Gasteiger partial charge in [-0.1, -0.05) is 39.5 Å². The molecule has 0 spiro atoms. The Bertz CT molecular complexity index is 437. The first-order chi connectivity index (χ1) is 9.03. The van der Waals surface area contributed by atoms with Gasteiger partial charge in [0.15, 0.2) is 0 Å². The predicted octanol–water partition coefficient (Wildman–Crippen LogP) is 3.25. The molecule has 0 aliphatic heterocycles. The number of nitrogens with zero attached hydrogens (tertiary/aromatic N) is 2. The number of aliphatic carboxylic acids is 1. The standard InChI is InChI=1S/C13H21N3O2S/c1-9(2)10-14-12(19-16-10)15-13(11(17)18)7-5-3-4-6-8-13/h9H,3-8H2,1-2H3,(H,17,18)(H,14,15,16). The van der Waals surface area contributed by atoms with Crippen LogP contribution in [0.3, 0.4) is 0 Å². The number of rotatable bonds is 4. The van der Waals surface area contributed by atoms with Gasteiger partial charge < -0.3 is 10.4 Å². The van der Waals surface area contributed by atoms with E-state index >= 15 is 0 Å². The molecule has 106 valence electrons. The minimum Gasteiger partial charge on any atom is -0.480 e. The molecule has 2 N–H and O–H groups in total. The molecule has 2 rings (SSSR count). The van der Waals surface area contributed by atoms with E-state index in [1.807, 2.05) is 13.8 Å². The Balaban J connectivity index is 2.17. The molecule has 0 amide bonds. The van der Waals surface area contributed by atoms with Gasteiger partial charge in [-0.05, 0) is 12.8 Å². The first kappa shape index (κ1) is 14.2. The van der Waals surface area contributed by atoms with Crippen LogP contribution in [0.2, 0.25) is 0 Å². The lowest BCUT2D eigenvalue weighted by molar-refractivity contribution is -0.142. The summed E-state index contributed by atoms with van der Waals surface area (Å²) in [6, 6.07) is 0. The zero-order chi connectivity index (χ0) is 13.9. The molecule has 1 aliphatic rings. The Morgan fingerprint density at radius 1 is 1.32 bits per heavy atom. The third kappa shape index (κ3) is 3.23. The van der Waals surface area contributed by atoms with E-state index in [0.29, 0.717) is 18.0 Å². The summed E-state index contributed by atoms with van der Waals surface area (Å²) in [7, 11) is 0. The van der Waals surface area contributed by atoms with E-state index < -0.39 is 11.5 Å². The van der Waals surface area contributed by atoms with E-state index in [1.165, 1.54) is 11.5 Å². The lowest BCUT2D eigenvalue weighted by Crippen LogP contribution is -2.46. The SMILES string of the molecule is CC(C)c1nsc(NC2(C(=O)O)CCCCCC2)n1. The van der Waals surface area contributed by atoms with E-state index in [0.717, 1.165) is 31.5 Å². The number of carboxylic acids is 1. The predicted molar refractivity (Wildman–Crippen MR) is 75.7 cm³/mol. The van der Waals surface area contributed by atoms with Crippen LogP contribution in [0.4, 0.5) is 5.13 Å². The summed E-state index contributed by atoms with van der Waals surface area (Å²) < 4.78 is 4.27. The van der Waals surface area contributed by atoms with Crippen molar-refractivity contribution in [3.05, 3.63) is 5.82 Å². The number of hydrogen-bond donors (Lipinski definition) is 2. The van der Waals surface area contributed by atoms with Crippen molar-refractivity contribution in [2.24, 2.45) is 0 Å². The highest BCUT2D eigenvalue weighted by Gasteiger charge is 2.39. The van der Waals surface area contributed by atoms with Crippen LogP contribution in [0.5, 0.6) is 0 Å². The minimum atomic E-state index is -0.857. The van der Waals surface area contributed by atoms with Crippen LogP contribution in [-0.4, -0.2) is 26.0 Å².